The van der Waals surface area contributed by atoms with E-state index in [1.807, 2.05) is 37.3 Å². The number of hydrogen-bond donors (Lipinski definition) is 0. The van der Waals surface area contributed by atoms with E-state index >= 15 is 0 Å². The number of nitrogens with zero attached hydrogens (tertiary/aromatic N) is 3. The minimum absolute atomic E-state index is 0.0890. The van der Waals surface area contributed by atoms with Gasteiger partial charge in [-0.2, -0.15) is 0 Å². The molecule has 0 spiro atoms. The average molecular weight is 241 g/mol. The largest absolute Gasteiger partial charge is 0.345 e. The van der Waals surface area contributed by atoms with Gasteiger partial charge in [-0.15, -0.1) is 0 Å². The zero-order chi connectivity index (χ0) is 13.1. The van der Waals surface area contributed by atoms with E-state index in [1.165, 1.54) is 4.90 Å². The lowest BCUT2D eigenvalue weighted by Gasteiger charge is -2.13. The first-order valence-electron chi connectivity index (χ1n) is 5.70. The zero-order valence-corrected chi connectivity index (χ0v) is 10.7. The molecule has 1 heterocycles. The Labute approximate surface area is 106 Å². The molecule has 4 heteroatoms. The second-order valence-corrected chi connectivity index (χ2v) is 4.25. The van der Waals surface area contributed by atoms with Crippen LogP contribution in [0.4, 0.5) is 0 Å². The maximum Gasteiger partial charge on any atom is 0.257 e. The highest BCUT2D eigenvalue weighted by molar-refractivity contribution is 5.99. The molecule has 0 saturated heterocycles. The predicted molar refractivity (Wildman–Crippen MR) is 70.2 cm³/mol. The van der Waals surface area contributed by atoms with Crippen LogP contribution in [-0.4, -0.2) is 34.9 Å². The molecule has 0 saturated carbocycles. The summed E-state index contributed by atoms with van der Waals surface area (Å²) in [6.45, 7) is 1.82. The van der Waals surface area contributed by atoms with E-state index in [4.69, 9.17) is 0 Å². The van der Waals surface area contributed by atoms with Crippen LogP contribution in [0.25, 0.3) is 11.3 Å². The second-order valence-electron chi connectivity index (χ2n) is 4.25. The number of amides is 1. The van der Waals surface area contributed by atoms with Gasteiger partial charge in [0.05, 0.1) is 11.3 Å². The lowest BCUT2D eigenvalue weighted by atomic mass is 10.1. The Bertz CT molecular complexity index is 565. The lowest BCUT2D eigenvalue weighted by Crippen LogP contribution is -2.23. The van der Waals surface area contributed by atoms with Crippen molar-refractivity contribution in [3.63, 3.8) is 0 Å². The van der Waals surface area contributed by atoms with Gasteiger partial charge in [0.15, 0.2) is 0 Å². The number of benzene rings is 1. The Morgan fingerprint density at radius 1 is 1.17 bits per heavy atom. The maximum absolute atomic E-state index is 12.1. The Kier molecular flexibility index (Phi) is 3.37. The summed E-state index contributed by atoms with van der Waals surface area (Å²) in [5.41, 5.74) is 2.13. The van der Waals surface area contributed by atoms with Gasteiger partial charge in [-0.3, -0.25) is 4.79 Å². The van der Waals surface area contributed by atoms with Crippen LogP contribution in [0.2, 0.25) is 0 Å². The fourth-order valence-electron chi connectivity index (χ4n) is 1.68. The van der Waals surface area contributed by atoms with Crippen molar-refractivity contribution in [2.45, 2.75) is 6.92 Å². The van der Waals surface area contributed by atoms with E-state index in [-0.39, 0.29) is 5.91 Å². The molecule has 0 aliphatic rings. The normalized spacial score (nSPS) is 10.2. The minimum Gasteiger partial charge on any atom is -0.345 e. The minimum atomic E-state index is -0.0890. The first-order valence-corrected chi connectivity index (χ1v) is 5.70. The summed E-state index contributed by atoms with van der Waals surface area (Å²) >= 11 is 0. The molecule has 18 heavy (non-hydrogen) atoms. The van der Waals surface area contributed by atoms with Crippen molar-refractivity contribution in [3.8, 4) is 11.3 Å². The van der Waals surface area contributed by atoms with E-state index in [2.05, 4.69) is 9.97 Å². The van der Waals surface area contributed by atoms with Gasteiger partial charge in [-0.25, -0.2) is 9.97 Å². The summed E-state index contributed by atoms with van der Waals surface area (Å²) in [5.74, 6) is 0.568. The molecule has 0 unspecified atom stereocenters. The molecule has 0 N–H and O–H groups in total. The number of carbonyl (C=O) groups excluding carboxylic acids is 1. The molecule has 0 aliphatic carbocycles. The highest BCUT2D eigenvalue weighted by Gasteiger charge is 2.16. The van der Waals surface area contributed by atoms with Crippen LogP contribution < -0.4 is 0 Å². The predicted octanol–water partition coefficient (Wildman–Crippen LogP) is 2.15. The monoisotopic (exact) mass is 241 g/mol. The molecule has 1 amide bonds. The maximum atomic E-state index is 12.1. The molecule has 1 aromatic carbocycles. The number of aromatic nitrogens is 2. The SMILES string of the molecule is Cc1ncc(C(=O)N(C)C)c(-c2ccccc2)n1. The van der Waals surface area contributed by atoms with E-state index < -0.39 is 0 Å². The molecule has 0 bridgehead atoms. The van der Waals surface area contributed by atoms with Crippen molar-refractivity contribution in [1.29, 1.82) is 0 Å². The third-order valence-corrected chi connectivity index (χ3v) is 2.59. The quantitative estimate of drug-likeness (QED) is 0.809. The molecule has 0 radical (unpaired) electrons. The van der Waals surface area contributed by atoms with Crippen LogP contribution >= 0.6 is 0 Å². The van der Waals surface area contributed by atoms with Crippen molar-refractivity contribution >= 4 is 5.91 Å². The van der Waals surface area contributed by atoms with Gasteiger partial charge in [-0.1, -0.05) is 30.3 Å². The van der Waals surface area contributed by atoms with Crippen LogP contribution in [0.3, 0.4) is 0 Å². The number of rotatable bonds is 2. The molecule has 2 aromatic rings. The molecule has 92 valence electrons. The first-order chi connectivity index (χ1) is 8.59. The molecular formula is C14H15N3O. The van der Waals surface area contributed by atoms with Gasteiger partial charge in [0, 0.05) is 25.9 Å². The van der Waals surface area contributed by atoms with Crippen LogP contribution in [0.1, 0.15) is 16.2 Å². The van der Waals surface area contributed by atoms with Crippen molar-refractivity contribution in [1.82, 2.24) is 14.9 Å². The standard InChI is InChI=1S/C14H15N3O/c1-10-15-9-12(14(18)17(2)3)13(16-10)11-7-5-4-6-8-11/h4-9H,1-3H3. The van der Waals surface area contributed by atoms with Crippen molar-refractivity contribution in [2.75, 3.05) is 14.1 Å². The van der Waals surface area contributed by atoms with E-state index in [1.54, 1.807) is 20.3 Å². The number of carbonyl (C=O) groups is 1. The van der Waals surface area contributed by atoms with Crippen molar-refractivity contribution in [3.05, 3.63) is 47.9 Å². The summed E-state index contributed by atoms with van der Waals surface area (Å²) in [5, 5.41) is 0. The molecular weight excluding hydrogens is 226 g/mol. The van der Waals surface area contributed by atoms with E-state index in [9.17, 15) is 4.79 Å². The molecule has 0 atom stereocenters. The zero-order valence-electron chi connectivity index (χ0n) is 10.7. The smallest absolute Gasteiger partial charge is 0.257 e. The van der Waals surface area contributed by atoms with Gasteiger partial charge in [0.2, 0.25) is 0 Å². The summed E-state index contributed by atoms with van der Waals surface area (Å²) < 4.78 is 0. The van der Waals surface area contributed by atoms with E-state index in [0.717, 1.165) is 5.56 Å². The summed E-state index contributed by atoms with van der Waals surface area (Å²) in [6, 6.07) is 9.67. The van der Waals surface area contributed by atoms with Crippen LogP contribution in [-0.2, 0) is 0 Å². The fourth-order valence-corrected chi connectivity index (χ4v) is 1.68. The lowest BCUT2D eigenvalue weighted by molar-refractivity contribution is 0.0827. The first kappa shape index (κ1) is 12.2. The van der Waals surface area contributed by atoms with Crippen molar-refractivity contribution < 1.29 is 4.79 Å². The molecule has 0 fully saturated rings. The van der Waals surface area contributed by atoms with Crippen LogP contribution in [0, 0.1) is 6.92 Å². The fraction of sp³-hybridized carbons (Fsp3) is 0.214. The number of aryl methyl sites for hydroxylation is 1. The summed E-state index contributed by atoms with van der Waals surface area (Å²) in [6.07, 6.45) is 1.59. The van der Waals surface area contributed by atoms with Crippen LogP contribution in [0.5, 0.6) is 0 Å². The van der Waals surface area contributed by atoms with Crippen molar-refractivity contribution in [2.24, 2.45) is 0 Å². The van der Waals surface area contributed by atoms with Crippen LogP contribution in [0.15, 0.2) is 36.5 Å². The highest BCUT2D eigenvalue weighted by Crippen LogP contribution is 2.21. The Morgan fingerprint density at radius 3 is 2.44 bits per heavy atom. The third kappa shape index (κ3) is 2.37. The van der Waals surface area contributed by atoms with Gasteiger partial charge in [-0.05, 0) is 6.92 Å². The second kappa shape index (κ2) is 4.96. The highest BCUT2D eigenvalue weighted by atomic mass is 16.2. The van der Waals surface area contributed by atoms with Gasteiger partial charge >= 0.3 is 0 Å². The molecule has 0 aliphatic heterocycles. The number of hydrogen-bond acceptors (Lipinski definition) is 3. The Balaban J connectivity index is 2.58. The Morgan fingerprint density at radius 2 is 1.83 bits per heavy atom. The van der Waals surface area contributed by atoms with Gasteiger partial charge in [0.1, 0.15) is 5.82 Å². The topological polar surface area (TPSA) is 46.1 Å². The third-order valence-electron chi connectivity index (χ3n) is 2.59. The molecule has 4 nitrogen and oxygen atoms in total. The summed E-state index contributed by atoms with van der Waals surface area (Å²) in [7, 11) is 3.44. The molecule has 2 rings (SSSR count). The van der Waals surface area contributed by atoms with E-state index in [0.29, 0.717) is 17.1 Å². The summed E-state index contributed by atoms with van der Waals surface area (Å²) in [4.78, 5) is 22.1. The van der Waals surface area contributed by atoms with Gasteiger partial charge < -0.3 is 4.90 Å². The molecule has 1 aromatic heterocycles. The average Bonchev–Trinajstić information content (AvgIpc) is 2.39. The Hall–Kier alpha value is -2.23. The van der Waals surface area contributed by atoms with Gasteiger partial charge in [0.25, 0.3) is 5.91 Å².